The van der Waals surface area contributed by atoms with Gasteiger partial charge in [0.05, 0.1) is 10.5 Å². The molecule has 1 aliphatic heterocycles. The maximum atomic E-state index is 12.4. The van der Waals surface area contributed by atoms with Crippen LogP contribution in [-0.2, 0) is 16.2 Å². The van der Waals surface area contributed by atoms with Crippen LogP contribution in [0, 0.1) is 11.8 Å². The van der Waals surface area contributed by atoms with Gasteiger partial charge in [-0.15, -0.1) is 12.4 Å². The fourth-order valence-electron chi connectivity index (χ4n) is 2.66. The van der Waals surface area contributed by atoms with Gasteiger partial charge in [-0.25, -0.2) is 13.1 Å². The predicted octanol–water partition coefficient (Wildman–Crippen LogP) is 1.62. The number of fused-ring (bicyclic) bond motifs is 1. The third-order valence-corrected chi connectivity index (χ3v) is 5.35. The Balaban J connectivity index is 0.00000161. The van der Waals surface area contributed by atoms with E-state index >= 15 is 0 Å². The molecule has 0 amide bonds. The van der Waals surface area contributed by atoms with Crippen molar-refractivity contribution in [2.24, 2.45) is 11.8 Å². The molecule has 2 N–H and O–H groups in total. The van der Waals surface area contributed by atoms with Crippen LogP contribution in [0.3, 0.4) is 0 Å². The Kier molecular flexibility index (Phi) is 4.27. The molecule has 2 unspecified atom stereocenters. The van der Waals surface area contributed by atoms with E-state index in [2.05, 4.69) is 10.0 Å². The van der Waals surface area contributed by atoms with E-state index in [0.717, 1.165) is 37.4 Å². The van der Waals surface area contributed by atoms with Crippen molar-refractivity contribution in [1.29, 1.82) is 0 Å². The molecular formula is C12H14ClF3N2O2S. The number of rotatable bonds is 3. The highest BCUT2D eigenvalue weighted by Crippen LogP contribution is 2.42. The molecule has 0 spiro atoms. The van der Waals surface area contributed by atoms with Gasteiger partial charge in [0.2, 0.25) is 10.0 Å². The molecule has 1 heterocycles. The second-order valence-corrected chi connectivity index (χ2v) is 6.87. The number of piperidine rings is 1. The van der Waals surface area contributed by atoms with E-state index in [-0.39, 0.29) is 23.3 Å². The summed E-state index contributed by atoms with van der Waals surface area (Å²) >= 11 is 0. The Morgan fingerprint density at radius 1 is 1.10 bits per heavy atom. The molecule has 1 aromatic rings. The Labute approximate surface area is 126 Å². The maximum absolute atomic E-state index is 12.4. The van der Waals surface area contributed by atoms with Crippen LogP contribution in [-0.4, -0.2) is 27.5 Å². The van der Waals surface area contributed by atoms with Crippen molar-refractivity contribution in [3.8, 4) is 0 Å². The van der Waals surface area contributed by atoms with Crippen LogP contribution in [0.2, 0.25) is 0 Å². The molecule has 0 aromatic heterocycles. The molecule has 1 aliphatic carbocycles. The van der Waals surface area contributed by atoms with Gasteiger partial charge in [-0.2, -0.15) is 13.2 Å². The topological polar surface area (TPSA) is 58.2 Å². The number of nitrogens with one attached hydrogen (secondary N) is 2. The highest BCUT2D eigenvalue weighted by atomic mass is 35.5. The SMILES string of the molecule is Cl.O=S(=O)(NC1C2CNCC21)c1ccc(C(F)(F)F)cc1. The zero-order valence-electron chi connectivity index (χ0n) is 10.7. The lowest BCUT2D eigenvalue weighted by Gasteiger charge is -2.10. The Bertz CT molecular complexity index is 608. The number of halogens is 4. The highest BCUT2D eigenvalue weighted by molar-refractivity contribution is 7.89. The van der Waals surface area contributed by atoms with E-state index in [0.29, 0.717) is 11.8 Å². The van der Waals surface area contributed by atoms with E-state index in [1.807, 2.05) is 0 Å². The molecule has 1 aromatic carbocycles. The fraction of sp³-hybridized carbons (Fsp3) is 0.500. The number of benzene rings is 1. The van der Waals surface area contributed by atoms with Crippen molar-refractivity contribution in [3.05, 3.63) is 29.8 Å². The molecule has 118 valence electrons. The van der Waals surface area contributed by atoms with Gasteiger partial charge in [0.15, 0.2) is 0 Å². The first-order valence-electron chi connectivity index (χ1n) is 6.19. The molecule has 2 aliphatic rings. The molecule has 1 saturated carbocycles. The average molecular weight is 343 g/mol. The zero-order chi connectivity index (χ0) is 14.5. The molecule has 2 fully saturated rings. The van der Waals surface area contributed by atoms with Crippen LogP contribution in [0.5, 0.6) is 0 Å². The van der Waals surface area contributed by atoms with E-state index in [9.17, 15) is 21.6 Å². The minimum Gasteiger partial charge on any atom is -0.316 e. The van der Waals surface area contributed by atoms with Crippen molar-refractivity contribution < 1.29 is 21.6 Å². The molecule has 2 atom stereocenters. The summed E-state index contributed by atoms with van der Waals surface area (Å²) in [7, 11) is -3.75. The van der Waals surface area contributed by atoms with Crippen molar-refractivity contribution >= 4 is 22.4 Å². The quantitative estimate of drug-likeness (QED) is 0.877. The van der Waals surface area contributed by atoms with Gasteiger partial charge in [-0.3, -0.25) is 0 Å². The highest BCUT2D eigenvalue weighted by Gasteiger charge is 2.54. The molecular weight excluding hydrogens is 329 g/mol. The second-order valence-electron chi connectivity index (χ2n) is 5.16. The van der Waals surface area contributed by atoms with Crippen LogP contribution in [0.4, 0.5) is 13.2 Å². The lowest BCUT2D eigenvalue weighted by Crippen LogP contribution is -2.32. The van der Waals surface area contributed by atoms with Crippen LogP contribution in [0.1, 0.15) is 5.56 Å². The second kappa shape index (κ2) is 5.42. The Morgan fingerprint density at radius 3 is 2.10 bits per heavy atom. The van der Waals surface area contributed by atoms with Crippen molar-refractivity contribution in [2.45, 2.75) is 17.1 Å². The van der Waals surface area contributed by atoms with Gasteiger partial charge in [0.1, 0.15) is 0 Å². The summed E-state index contributed by atoms with van der Waals surface area (Å²) in [5, 5.41) is 3.14. The Hall–Kier alpha value is -0.830. The summed E-state index contributed by atoms with van der Waals surface area (Å²) in [5.74, 6) is 0.610. The zero-order valence-corrected chi connectivity index (χ0v) is 12.4. The largest absolute Gasteiger partial charge is 0.416 e. The summed E-state index contributed by atoms with van der Waals surface area (Å²) in [6.45, 7) is 1.57. The number of hydrogen-bond acceptors (Lipinski definition) is 3. The molecule has 4 nitrogen and oxygen atoms in total. The van der Waals surface area contributed by atoms with Gasteiger partial charge < -0.3 is 5.32 Å². The van der Waals surface area contributed by atoms with Gasteiger partial charge in [-0.05, 0) is 49.2 Å². The molecule has 0 radical (unpaired) electrons. The van der Waals surface area contributed by atoms with E-state index < -0.39 is 21.8 Å². The summed E-state index contributed by atoms with van der Waals surface area (Å²) in [6, 6.07) is 3.44. The van der Waals surface area contributed by atoms with E-state index in [4.69, 9.17) is 0 Å². The van der Waals surface area contributed by atoms with Gasteiger partial charge >= 0.3 is 6.18 Å². The first-order valence-corrected chi connectivity index (χ1v) is 7.68. The number of hydrogen-bond donors (Lipinski definition) is 2. The van der Waals surface area contributed by atoms with Gasteiger partial charge in [-0.1, -0.05) is 0 Å². The maximum Gasteiger partial charge on any atom is 0.416 e. The standard InChI is InChI=1S/C12H13F3N2O2S.ClH/c13-12(14,15)7-1-3-8(4-2-7)20(18,19)17-11-9-5-16-6-10(9)11;/h1-4,9-11,16-17H,5-6H2;1H. The first-order chi connectivity index (χ1) is 9.29. The van der Waals surface area contributed by atoms with Gasteiger partial charge in [0.25, 0.3) is 0 Å². The normalized spacial score (nSPS) is 27.9. The third-order valence-electron chi connectivity index (χ3n) is 3.87. The Morgan fingerprint density at radius 2 is 1.62 bits per heavy atom. The predicted molar refractivity (Wildman–Crippen MR) is 72.7 cm³/mol. The third kappa shape index (κ3) is 3.18. The molecule has 1 saturated heterocycles. The lowest BCUT2D eigenvalue weighted by atomic mass is 10.2. The first kappa shape index (κ1) is 16.5. The van der Waals surface area contributed by atoms with Crippen LogP contribution < -0.4 is 10.0 Å². The molecule has 3 rings (SSSR count). The summed E-state index contributed by atoms with van der Waals surface area (Å²) < 4.78 is 63.9. The van der Waals surface area contributed by atoms with E-state index in [1.165, 1.54) is 0 Å². The molecule has 0 bridgehead atoms. The summed E-state index contributed by atoms with van der Waals surface area (Å²) in [5.41, 5.74) is -0.857. The fourth-order valence-corrected chi connectivity index (χ4v) is 4.00. The van der Waals surface area contributed by atoms with Crippen molar-refractivity contribution in [2.75, 3.05) is 13.1 Å². The van der Waals surface area contributed by atoms with Crippen molar-refractivity contribution in [1.82, 2.24) is 10.0 Å². The molecule has 21 heavy (non-hydrogen) atoms. The molecule has 9 heteroatoms. The van der Waals surface area contributed by atoms with E-state index in [1.54, 1.807) is 0 Å². The average Bonchev–Trinajstić information content (AvgIpc) is 2.82. The minimum absolute atomic E-state index is 0. The summed E-state index contributed by atoms with van der Waals surface area (Å²) in [6.07, 6.45) is -4.46. The van der Waals surface area contributed by atoms with Gasteiger partial charge in [0, 0.05) is 6.04 Å². The van der Waals surface area contributed by atoms with Crippen molar-refractivity contribution in [3.63, 3.8) is 0 Å². The number of alkyl halides is 3. The summed E-state index contributed by atoms with van der Waals surface area (Å²) in [4.78, 5) is -0.136. The smallest absolute Gasteiger partial charge is 0.316 e. The van der Waals surface area contributed by atoms with Crippen LogP contribution >= 0.6 is 12.4 Å². The van der Waals surface area contributed by atoms with Crippen LogP contribution in [0.25, 0.3) is 0 Å². The monoisotopic (exact) mass is 342 g/mol. The lowest BCUT2D eigenvalue weighted by molar-refractivity contribution is -0.137. The minimum atomic E-state index is -4.46. The number of sulfonamides is 1. The van der Waals surface area contributed by atoms with Crippen LogP contribution in [0.15, 0.2) is 29.2 Å².